The molecule has 0 spiro atoms. The molecule has 2 aliphatic rings. The van der Waals surface area contributed by atoms with Gasteiger partial charge in [-0.3, -0.25) is 4.90 Å². The molecule has 3 nitrogen and oxygen atoms in total. The van der Waals surface area contributed by atoms with Gasteiger partial charge in [0.2, 0.25) is 0 Å². The van der Waals surface area contributed by atoms with Crippen LogP contribution in [0.4, 0.5) is 8.78 Å². The third-order valence-corrected chi connectivity index (χ3v) is 4.39. The highest BCUT2D eigenvalue weighted by molar-refractivity contribution is 5.85. The fraction of sp³-hybridized carbons (Fsp3) is 0.600. The molecule has 2 atom stereocenters. The van der Waals surface area contributed by atoms with Gasteiger partial charge in [-0.25, -0.2) is 8.78 Å². The van der Waals surface area contributed by atoms with Gasteiger partial charge in [0.15, 0.2) is 0 Å². The number of hydrogen-bond acceptors (Lipinski definition) is 3. The number of likely N-dealkylation sites (tertiary alicyclic amines) is 1. The zero-order valence-corrected chi connectivity index (χ0v) is 12.8. The third-order valence-electron chi connectivity index (χ3n) is 4.39. The van der Waals surface area contributed by atoms with Crippen LogP contribution >= 0.6 is 12.4 Å². The molecule has 2 bridgehead atoms. The molecule has 2 saturated heterocycles. The molecule has 21 heavy (non-hydrogen) atoms. The predicted octanol–water partition coefficient (Wildman–Crippen LogP) is 2.40. The van der Waals surface area contributed by atoms with E-state index in [4.69, 9.17) is 4.74 Å². The summed E-state index contributed by atoms with van der Waals surface area (Å²) in [5.74, 6) is -2.82. The molecule has 2 fully saturated rings. The van der Waals surface area contributed by atoms with Crippen LogP contribution in [0, 0.1) is 11.8 Å². The Kier molecular flexibility index (Phi) is 5.07. The number of rotatable bonds is 3. The van der Waals surface area contributed by atoms with E-state index in [9.17, 15) is 8.78 Å². The molecule has 1 aromatic carbocycles. The number of nitrogens with one attached hydrogen (secondary N) is 1. The van der Waals surface area contributed by atoms with Crippen molar-refractivity contribution in [2.45, 2.75) is 12.5 Å². The highest BCUT2D eigenvalue weighted by Crippen LogP contribution is 2.40. The smallest absolute Gasteiger partial charge is 0.258 e. The van der Waals surface area contributed by atoms with Crippen LogP contribution < -0.4 is 10.1 Å². The Morgan fingerprint density at radius 3 is 2.29 bits per heavy atom. The Hall–Kier alpha value is -0.910. The zero-order chi connectivity index (χ0) is 14.2. The van der Waals surface area contributed by atoms with Crippen molar-refractivity contribution >= 4 is 12.4 Å². The second kappa shape index (κ2) is 6.46. The van der Waals surface area contributed by atoms with Crippen LogP contribution in [0.5, 0.6) is 5.75 Å². The lowest BCUT2D eigenvalue weighted by atomic mass is 9.81. The quantitative estimate of drug-likeness (QED) is 0.926. The van der Waals surface area contributed by atoms with Crippen molar-refractivity contribution in [3.8, 4) is 5.75 Å². The maximum Gasteiger partial charge on any atom is 0.258 e. The van der Waals surface area contributed by atoms with Crippen LogP contribution in [-0.4, -0.2) is 44.1 Å². The van der Waals surface area contributed by atoms with Gasteiger partial charge in [0, 0.05) is 44.6 Å². The van der Waals surface area contributed by atoms with Crippen LogP contribution in [-0.2, 0) is 6.54 Å². The van der Waals surface area contributed by atoms with E-state index in [2.05, 4.69) is 10.2 Å². The van der Waals surface area contributed by atoms with Crippen molar-refractivity contribution in [2.75, 3.05) is 33.3 Å². The largest absolute Gasteiger partial charge is 0.497 e. The average Bonchev–Trinajstić information content (AvgIpc) is 2.40. The van der Waals surface area contributed by atoms with Crippen LogP contribution in [0.25, 0.3) is 0 Å². The van der Waals surface area contributed by atoms with Crippen molar-refractivity contribution < 1.29 is 13.5 Å². The first-order valence-electron chi connectivity index (χ1n) is 7.03. The molecule has 0 amide bonds. The van der Waals surface area contributed by atoms with Gasteiger partial charge in [-0.1, -0.05) is 12.1 Å². The van der Waals surface area contributed by atoms with Gasteiger partial charge < -0.3 is 10.1 Å². The minimum Gasteiger partial charge on any atom is -0.497 e. The number of ether oxygens (including phenoxy) is 1. The Morgan fingerprint density at radius 2 is 1.76 bits per heavy atom. The molecule has 3 rings (SSSR count). The number of hydrogen-bond donors (Lipinski definition) is 1. The van der Waals surface area contributed by atoms with Gasteiger partial charge >= 0.3 is 0 Å². The van der Waals surface area contributed by atoms with Crippen LogP contribution in [0.2, 0.25) is 0 Å². The van der Waals surface area contributed by atoms with Gasteiger partial charge in [-0.15, -0.1) is 12.4 Å². The van der Waals surface area contributed by atoms with Gasteiger partial charge in [-0.05, 0) is 17.7 Å². The molecular formula is C15H21ClF2N2O. The number of fused-ring (bicyclic) bond motifs is 2. The van der Waals surface area contributed by atoms with E-state index in [1.165, 1.54) is 0 Å². The summed E-state index contributed by atoms with van der Waals surface area (Å²) in [7, 11) is 1.63. The molecular weight excluding hydrogens is 298 g/mol. The van der Waals surface area contributed by atoms with Crippen LogP contribution in [0.15, 0.2) is 24.3 Å². The number of piperidine rings is 2. The lowest BCUT2D eigenvalue weighted by Gasteiger charge is -2.47. The molecule has 6 heteroatoms. The second-order valence-corrected chi connectivity index (χ2v) is 5.77. The second-order valence-electron chi connectivity index (χ2n) is 5.77. The summed E-state index contributed by atoms with van der Waals surface area (Å²) in [5.41, 5.74) is 1.14. The third kappa shape index (κ3) is 3.30. The summed E-state index contributed by atoms with van der Waals surface area (Å²) in [4.78, 5) is 2.15. The molecule has 2 heterocycles. The Bertz CT molecular complexity index is 453. The summed E-state index contributed by atoms with van der Waals surface area (Å²) in [5, 5.41) is 3.12. The number of methoxy groups -OCH3 is 1. The number of benzene rings is 1. The Balaban J connectivity index is 0.00000161. The molecule has 0 saturated carbocycles. The minimum atomic E-state index is -2.51. The maximum atomic E-state index is 14.0. The molecule has 1 aromatic rings. The normalized spacial score (nSPS) is 27.8. The standard InChI is InChI=1S/C15H20F2N2O.ClH/c1-20-14-4-2-11(3-5-14)8-19-9-12-6-18-7-13(10-19)15(12,16)17;/h2-5,12-13,18H,6-10H2,1H3;1H. The lowest BCUT2D eigenvalue weighted by molar-refractivity contribution is -0.164. The molecule has 2 unspecified atom stereocenters. The van der Waals surface area contributed by atoms with E-state index >= 15 is 0 Å². The summed E-state index contributed by atoms with van der Waals surface area (Å²) in [6, 6.07) is 7.83. The monoisotopic (exact) mass is 318 g/mol. The number of nitrogens with zero attached hydrogens (tertiary/aromatic N) is 1. The summed E-state index contributed by atoms with van der Waals surface area (Å²) in [6.45, 7) is 2.49. The molecule has 0 radical (unpaired) electrons. The van der Waals surface area contributed by atoms with Crippen LogP contribution in [0.1, 0.15) is 5.56 Å². The first-order valence-corrected chi connectivity index (χ1v) is 7.03. The van der Waals surface area contributed by atoms with Gasteiger partial charge in [0.1, 0.15) is 5.75 Å². The first-order chi connectivity index (χ1) is 9.59. The van der Waals surface area contributed by atoms with Gasteiger partial charge in [0.25, 0.3) is 5.92 Å². The highest BCUT2D eigenvalue weighted by Gasteiger charge is 2.53. The van der Waals surface area contributed by atoms with Crippen molar-refractivity contribution in [3.05, 3.63) is 29.8 Å². The molecule has 0 aliphatic carbocycles. The van der Waals surface area contributed by atoms with Crippen LogP contribution in [0.3, 0.4) is 0 Å². The summed E-state index contributed by atoms with van der Waals surface area (Å²) >= 11 is 0. The topological polar surface area (TPSA) is 24.5 Å². The lowest BCUT2D eigenvalue weighted by Crippen LogP contribution is -2.62. The number of alkyl halides is 2. The highest BCUT2D eigenvalue weighted by atomic mass is 35.5. The van der Waals surface area contributed by atoms with E-state index in [-0.39, 0.29) is 12.4 Å². The fourth-order valence-electron chi connectivity index (χ4n) is 3.23. The maximum absolute atomic E-state index is 14.0. The summed E-state index contributed by atoms with van der Waals surface area (Å²) < 4.78 is 33.2. The van der Waals surface area contributed by atoms with E-state index in [1.807, 2.05) is 24.3 Å². The van der Waals surface area contributed by atoms with E-state index in [0.717, 1.165) is 17.9 Å². The zero-order valence-electron chi connectivity index (χ0n) is 12.0. The van der Waals surface area contributed by atoms with Crippen molar-refractivity contribution in [1.29, 1.82) is 0 Å². The van der Waals surface area contributed by atoms with E-state index in [1.54, 1.807) is 7.11 Å². The fourth-order valence-corrected chi connectivity index (χ4v) is 3.23. The van der Waals surface area contributed by atoms with Crippen molar-refractivity contribution in [1.82, 2.24) is 10.2 Å². The molecule has 2 aliphatic heterocycles. The van der Waals surface area contributed by atoms with Gasteiger partial charge in [0.05, 0.1) is 7.11 Å². The van der Waals surface area contributed by atoms with E-state index < -0.39 is 17.8 Å². The summed E-state index contributed by atoms with van der Waals surface area (Å²) in [6.07, 6.45) is 0. The van der Waals surface area contributed by atoms with E-state index in [0.29, 0.717) is 26.2 Å². The molecule has 1 N–H and O–H groups in total. The van der Waals surface area contributed by atoms with Gasteiger partial charge in [-0.2, -0.15) is 0 Å². The van der Waals surface area contributed by atoms with Crippen molar-refractivity contribution in [2.24, 2.45) is 11.8 Å². The van der Waals surface area contributed by atoms with Crippen molar-refractivity contribution in [3.63, 3.8) is 0 Å². The Morgan fingerprint density at radius 1 is 1.19 bits per heavy atom. The average molecular weight is 319 g/mol. The number of halogens is 3. The Labute approximate surface area is 130 Å². The SMILES string of the molecule is COc1ccc(CN2CC3CNCC(C2)C3(F)F)cc1.Cl. The minimum absolute atomic E-state index is 0. The molecule has 0 aromatic heterocycles. The molecule has 118 valence electrons. The predicted molar refractivity (Wildman–Crippen MR) is 80.3 cm³/mol. The first kappa shape index (κ1) is 16.5.